The van der Waals surface area contributed by atoms with Gasteiger partial charge in [-0.15, -0.1) is 0 Å². The van der Waals surface area contributed by atoms with Crippen LogP contribution in [0.3, 0.4) is 0 Å². The summed E-state index contributed by atoms with van der Waals surface area (Å²) in [6.45, 7) is 8.29. The summed E-state index contributed by atoms with van der Waals surface area (Å²) in [5.74, 6) is 0.167. The predicted octanol–water partition coefficient (Wildman–Crippen LogP) is 3.22. The second kappa shape index (κ2) is 6.30. The van der Waals surface area contributed by atoms with Gasteiger partial charge in [-0.1, -0.05) is 32.9 Å². The summed E-state index contributed by atoms with van der Waals surface area (Å²) in [5.41, 5.74) is 2.06. The molecular formula is C17H24N4O. The van der Waals surface area contributed by atoms with Crippen LogP contribution in [-0.4, -0.2) is 32.6 Å². The highest BCUT2D eigenvalue weighted by Gasteiger charge is 2.22. The summed E-state index contributed by atoms with van der Waals surface area (Å²) in [6.07, 6.45) is 3.72. The van der Waals surface area contributed by atoms with Crippen LogP contribution in [0.2, 0.25) is 0 Å². The van der Waals surface area contributed by atoms with Crippen molar-refractivity contribution in [3.63, 3.8) is 0 Å². The maximum Gasteiger partial charge on any atom is 0.223 e. The van der Waals surface area contributed by atoms with E-state index in [1.807, 2.05) is 43.1 Å². The molecule has 2 rings (SSSR count). The molecule has 118 valence electrons. The van der Waals surface area contributed by atoms with Gasteiger partial charge in [-0.05, 0) is 30.0 Å². The molecule has 1 amide bonds. The van der Waals surface area contributed by atoms with E-state index in [0.29, 0.717) is 6.42 Å². The predicted molar refractivity (Wildman–Crippen MR) is 86.6 cm³/mol. The van der Waals surface area contributed by atoms with E-state index in [-0.39, 0.29) is 17.4 Å². The maximum atomic E-state index is 12.3. The van der Waals surface area contributed by atoms with Gasteiger partial charge in [-0.3, -0.25) is 4.79 Å². The van der Waals surface area contributed by atoms with Crippen LogP contribution in [0.5, 0.6) is 0 Å². The summed E-state index contributed by atoms with van der Waals surface area (Å²) in [5, 5.41) is 4.11. The number of nitrogens with zero attached hydrogens (tertiary/aromatic N) is 4. The van der Waals surface area contributed by atoms with E-state index in [1.54, 1.807) is 11.0 Å². The molecule has 0 saturated heterocycles. The Bertz CT molecular complexity index is 611. The number of hydrogen-bond donors (Lipinski definition) is 0. The summed E-state index contributed by atoms with van der Waals surface area (Å²) in [4.78, 5) is 18.1. The zero-order chi connectivity index (χ0) is 16.3. The topological polar surface area (TPSA) is 51.0 Å². The van der Waals surface area contributed by atoms with Crippen molar-refractivity contribution in [1.29, 1.82) is 0 Å². The molecule has 5 heteroatoms. The van der Waals surface area contributed by atoms with Crippen LogP contribution in [0.1, 0.15) is 45.7 Å². The molecule has 1 aromatic heterocycles. The summed E-state index contributed by atoms with van der Waals surface area (Å²) < 4.78 is 1.71. The fraction of sp³-hybridized carbons (Fsp3) is 0.471. The first-order valence-electron chi connectivity index (χ1n) is 7.48. The summed E-state index contributed by atoms with van der Waals surface area (Å²) >= 11 is 0. The quantitative estimate of drug-likeness (QED) is 0.871. The maximum absolute atomic E-state index is 12.3. The third kappa shape index (κ3) is 3.93. The van der Waals surface area contributed by atoms with Crippen molar-refractivity contribution in [2.75, 3.05) is 7.05 Å². The number of carbonyl (C=O) groups is 1. The molecular weight excluding hydrogens is 276 g/mol. The van der Waals surface area contributed by atoms with Gasteiger partial charge in [0.25, 0.3) is 0 Å². The van der Waals surface area contributed by atoms with E-state index in [4.69, 9.17) is 0 Å². The highest BCUT2D eigenvalue weighted by atomic mass is 16.2. The van der Waals surface area contributed by atoms with Crippen molar-refractivity contribution in [2.24, 2.45) is 5.41 Å². The molecule has 0 aliphatic heterocycles. The van der Waals surface area contributed by atoms with Crippen molar-refractivity contribution in [3.8, 4) is 5.69 Å². The molecule has 1 atom stereocenters. The number of amides is 1. The molecule has 1 heterocycles. The Morgan fingerprint density at radius 3 is 2.41 bits per heavy atom. The van der Waals surface area contributed by atoms with Crippen molar-refractivity contribution in [2.45, 2.75) is 40.2 Å². The lowest BCUT2D eigenvalue weighted by Gasteiger charge is -2.28. The lowest BCUT2D eigenvalue weighted by Crippen LogP contribution is -2.32. The van der Waals surface area contributed by atoms with Crippen LogP contribution in [0.25, 0.3) is 5.69 Å². The SMILES string of the molecule is CC(c1ccc(-n2cncn2)cc1)N(C)C(=O)CC(C)(C)C. The Morgan fingerprint density at radius 1 is 1.27 bits per heavy atom. The van der Waals surface area contributed by atoms with Crippen LogP contribution >= 0.6 is 0 Å². The number of carbonyl (C=O) groups excluding carboxylic acids is 1. The second-order valence-electron chi connectivity index (χ2n) is 6.85. The minimum Gasteiger partial charge on any atom is -0.339 e. The average Bonchev–Trinajstić information content (AvgIpc) is 2.98. The van der Waals surface area contributed by atoms with Crippen molar-refractivity contribution >= 4 is 5.91 Å². The molecule has 2 aromatic rings. The molecule has 0 aliphatic rings. The molecule has 0 spiro atoms. The van der Waals surface area contributed by atoms with Crippen LogP contribution < -0.4 is 0 Å². The van der Waals surface area contributed by atoms with Crippen molar-refractivity contribution in [3.05, 3.63) is 42.5 Å². The lowest BCUT2D eigenvalue weighted by atomic mass is 9.91. The van der Waals surface area contributed by atoms with E-state index in [1.165, 1.54) is 6.33 Å². The first kappa shape index (κ1) is 16.2. The molecule has 5 nitrogen and oxygen atoms in total. The minimum atomic E-state index is 0.00200. The molecule has 0 fully saturated rings. The van der Waals surface area contributed by atoms with E-state index >= 15 is 0 Å². The van der Waals surface area contributed by atoms with Gasteiger partial charge in [0.2, 0.25) is 5.91 Å². The van der Waals surface area contributed by atoms with E-state index in [9.17, 15) is 4.79 Å². The molecule has 0 bridgehead atoms. The molecule has 0 radical (unpaired) electrons. The summed E-state index contributed by atoms with van der Waals surface area (Å²) in [6, 6.07) is 8.08. The van der Waals surface area contributed by atoms with Gasteiger partial charge in [0, 0.05) is 13.5 Å². The van der Waals surface area contributed by atoms with Gasteiger partial charge in [0.1, 0.15) is 12.7 Å². The third-order valence-electron chi connectivity index (χ3n) is 3.71. The summed E-state index contributed by atoms with van der Waals surface area (Å²) in [7, 11) is 1.87. The number of hydrogen-bond acceptors (Lipinski definition) is 3. The number of rotatable bonds is 4. The normalized spacial score (nSPS) is 13.0. The lowest BCUT2D eigenvalue weighted by molar-refractivity contribution is -0.133. The first-order chi connectivity index (χ1) is 10.3. The Hall–Kier alpha value is -2.17. The average molecular weight is 300 g/mol. The van der Waals surface area contributed by atoms with E-state index in [0.717, 1.165) is 11.3 Å². The van der Waals surface area contributed by atoms with Gasteiger partial charge in [0.15, 0.2) is 0 Å². The van der Waals surface area contributed by atoms with Gasteiger partial charge in [-0.2, -0.15) is 5.10 Å². The van der Waals surface area contributed by atoms with Gasteiger partial charge < -0.3 is 4.90 Å². The van der Waals surface area contributed by atoms with Gasteiger partial charge in [0.05, 0.1) is 11.7 Å². The van der Waals surface area contributed by atoms with Crippen LogP contribution in [-0.2, 0) is 4.79 Å². The molecule has 0 N–H and O–H groups in total. The molecule has 22 heavy (non-hydrogen) atoms. The first-order valence-corrected chi connectivity index (χ1v) is 7.48. The van der Waals surface area contributed by atoms with Gasteiger partial charge >= 0.3 is 0 Å². The fourth-order valence-electron chi connectivity index (χ4n) is 2.27. The zero-order valence-corrected chi connectivity index (χ0v) is 13.9. The van der Waals surface area contributed by atoms with E-state index < -0.39 is 0 Å². The van der Waals surface area contributed by atoms with Gasteiger partial charge in [-0.25, -0.2) is 9.67 Å². The smallest absolute Gasteiger partial charge is 0.223 e. The molecule has 0 saturated carbocycles. The highest BCUT2D eigenvalue weighted by molar-refractivity contribution is 5.77. The molecule has 0 aliphatic carbocycles. The zero-order valence-electron chi connectivity index (χ0n) is 13.9. The molecule has 1 aromatic carbocycles. The standard InChI is InChI=1S/C17H24N4O/c1-13(20(5)16(22)10-17(2,3)4)14-6-8-15(9-7-14)21-12-18-11-19-21/h6-9,11-13H,10H2,1-5H3. The van der Waals surface area contributed by atoms with Crippen molar-refractivity contribution in [1.82, 2.24) is 19.7 Å². The number of benzene rings is 1. The largest absolute Gasteiger partial charge is 0.339 e. The van der Waals surface area contributed by atoms with E-state index in [2.05, 4.69) is 30.9 Å². The number of aromatic nitrogens is 3. The van der Waals surface area contributed by atoms with Crippen LogP contribution in [0, 0.1) is 5.41 Å². The Labute approximate surface area is 132 Å². The second-order valence-corrected chi connectivity index (χ2v) is 6.85. The fourth-order valence-corrected chi connectivity index (χ4v) is 2.27. The van der Waals surface area contributed by atoms with Crippen molar-refractivity contribution < 1.29 is 4.79 Å². The van der Waals surface area contributed by atoms with Crippen LogP contribution in [0.4, 0.5) is 0 Å². The minimum absolute atomic E-state index is 0.00200. The van der Waals surface area contributed by atoms with Crippen LogP contribution in [0.15, 0.2) is 36.9 Å². The highest BCUT2D eigenvalue weighted by Crippen LogP contribution is 2.25. The Balaban J connectivity index is 2.09. The monoisotopic (exact) mass is 300 g/mol. The Morgan fingerprint density at radius 2 is 1.91 bits per heavy atom. The molecule has 1 unspecified atom stereocenters. The third-order valence-corrected chi connectivity index (χ3v) is 3.71. The Kier molecular flexibility index (Phi) is 4.64.